The standard InChI is InChI=1S/C22H37/c1-7-8-13-20(4)15-10-17-22(6)18-11-16-21(5)14-9-12-19(2)3/h7,12-13,16-17H,8-11,14-15,18H2,1-6H3/b20-13+,21-16+,22-17+. The van der Waals surface area contributed by atoms with Gasteiger partial charge < -0.3 is 0 Å². The molecule has 0 saturated heterocycles. The van der Waals surface area contributed by atoms with E-state index in [0.717, 1.165) is 6.42 Å². The summed E-state index contributed by atoms with van der Waals surface area (Å²) in [5.74, 6) is 0. The summed E-state index contributed by atoms with van der Waals surface area (Å²) in [6, 6.07) is 0. The van der Waals surface area contributed by atoms with Crippen molar-refractivity contribution < 1.29 is 0 Å². The minimum absolute atomic E-state index is 1.10. The van der Waals surface area contributed by atoms with Gasteiger partial charge in [0, 0.05) is 0 Å². The molecule has 0 heterocycles. The summed E-state index contributed by atoms with van der Waals surface area (Å²) in [5, 5.41) is 0. The van der Waals surface area contributed by atoms with Crippen LogP contribution in [-0.4, -0.2) is 0 Å². The molecule has 0 aliphatic rings. The predicted molar refractivity (Wildman–Crippen MR) is 103 cm³/mol. The highest BCUT2D eigenvalue weighted by Gasteiger charge is 1.93. The van der Waals surface area contributed by atoms with Gasteiger partial charge in [0.15, 0.2) is 0 Å². The highest BCUT2D eigenvalue weighted by atomic mass is 14.0. The zero-order chi connectivity index (χ0) is 16.8. The highest BCUT2D eigenvalue weighted by Crippen LogP contribution is 2.13. The van der Waals surface area contributed by atoms with Gasteiger partial charge in [-0.05, 0) is 86.0 Å². The first-order valence-corrected chi connectivity index (χ1v) is 8.83. The molecule has 0 rings (SSSR count). The van der Waals surface area contributed by atoms with E-state index < -0.39 is 0 Å². The summed E-state index contributed by atoms with van der Waals surface area (Å²) in [6.45, 7) is 13.2. The molecule has 0 amide bonds. The molecule has 0 bridgehead atoms. The topological polar surface area (TPSA) is 0 Å². The van der Waals surface area contributed by atoms with Crippen molar-refractivity contribution in [1.29, 1.82) is 0 Å². The Labute approximate surface area is 140 Å². The normalized spacial score (nSPS) is 13.5. The van der Waals surface area contributed by atoms with Crippen LogP contribution in [0.5, 0.6) is 0 Å². The van der Waals surface area contributed by atoms with Crippen LogP contribution in [0.1, 0.15) is 86.5 Å². The molecule has 0 aromatic rings. The van der Waals surface area contributed by atoms with Crippen LogP contribution in [-0.2, 0) is 0 Å². The van der Waals surface area contributed by atoms with Gasteiger partial charge in [0.05, 0.1) is 0 Å². The maximum atomic E-state index is 2.42. The van der Waals surface area contributed by atoms with Crippen molar-refractivity contribution in [3.05, 3.63) is 53.0 Å². The second-order valence-corrected chi connectivity index (χ2v) is 6.69. The molecule has 0 aliphatic heterocycles. The molecule has 0 aliphatic carbocycles. The second kappa shape index (κ2) is 13.6. The molecule has 0 saturated carbocycles. The Morgan fingerprint density at radius 3 is 1.41 bits per heavy atom. The van der Waals surface area contributed by atoms with Gasteiger partial charge >= 0.3 is 0 Å². The molecular weight excluding hydrogens is 264 g/mol. The van der Waals surface area contributed by atoms with E-state index in [1.807, 2.05) is 0 Å². The van der Waals surface area contributed by atoms with Crippen LogP contribution in [0.4, 0.5) is 0 Å². The first-order chi connectivity index (χ1) is 10.5. The molecule has 0 unspecified atom stereocenters. The van der Waals surface area contributed by atoms with E-state index in [0.29, 0.717) is 0 Å². The summed E-state index contributed by atoms with van der Waals surface area (Å²) in [7, 11) is 0. The van der Waals surface area contributed by atoms with Gasteiger partial charge in [-0.15, -0.1) is 0 Å². The van der Waals surface area contributed by atoms with E-state index in [1.165, 1.54) is 60.8 Å². The van der Waals surface area contributed by atoms with Crippen molar-refractivity contribution in [3.8, 4) is 0 Å². The first-order valence-electron chi connectivity index (χ1n) is 8.83. The molecule has 22 heavy (non-hydrogen) atoms. The zero-order valence-electron chi connectivity index (χ0n) is 15.8. The largest absolute Gasteiger partial charge is 0.0856 e. The Morgan fingerprint density at radius 2 is 1.00 bits per heavy atom. The van der Waals surface area contributed by atoms with Crippen LogP contribution in [0.25, 0.3) is 0 Å². The molecule has 0 N–H and O–H groups in total. The average Bonchev–Trinajstić information content (AvgIpc) is 2.44. The van der Waals surface area contributed by atoms with E-state index in [4.69, 9.17) is 0 Å². The SMILES string of the molecule is C[CH]C/C=C(\C)CC/C=C(\C)CC/C=C(\C)CCC=C(C)C. The fraction of sp³-hybridized carbons (Fsp3) is 0.591. The summed E-state index contributed by atoms with van der Waals surface area (Å²) < 4.78 is 0. The van der Waals surface area contributed by atoms with Crippen molar-refractivity contribution in [1.82, 2.24) is 0 Å². The predicted octanol–water partition coefficient (Wildman–Crippen LogP) is 7.75. The van der Waals surface area contributed by atoms with Gasteiger partial charge in [0.2, 0.25) is 0 Å². The maximum absolute atomic E-state index is 2.42. The maximum Gasteiger partial charge on any atom is -0.0288 e. The second-order valence-electron chi connectivity index (χ2n) is 6.69. The third-order valence-corrected chi connectivity index (χ3v) is 3.86. The lowest BCUT2D eigenvalue weighted by Crippen LogP contribution is -1.82. The Kier molecular flexibility index (Phi) is 13.0. The van der Waals surface area contributed by atoms with Gasteiger partial charge in [0.1, 0.15) is 0 Å². The van der Waals surface area contributed by atoms with Crippen molar-refractivity contribution >= 4 is 0 Å². The van der Waals surface area contributed by atoms with Gasteiger partial charge in [-0.2, -0.15) is 0 Å². The molecule has 125 valence electrons. The summed E-state index contributed by atoms with van der Waals surface area (Å²) in [4.78, 5) is 0. The number of hydrogen-bond donors (Lipinski definition) is 0. The van der Waals surface area contributed by atoms with Crippen LogP contribution in [0.2, 0.25) is 0 Å². The average molecular weight is 302 g/mol. The minimum atomic E-state index is 1.10. The summed E-state index contributed by atoms with van der Waals surface area (Å²) in [6.07, 6.45) is 19.9. The molecule has 0 heteroatoms. The van der Waals surface area contributed by atoms with Gasteiger partial charge in [0.25, 0.3) is 0 Å². The Morgan fingerprint density at radius 1 is 0.591 bits per heavy atom. The van der Waals surface area contributed by atoms with E-state index in [-0.39, 0.29) is 0 Å². The van der Waals surface area contributed by atoms with Crippen LogP contribution in [0.15, 0.2) is 46.6 Å². The fourth-order valence-electron chi connectivity index (χ4n) is 2.31. The third-order valence-electron chi connectivity index (χ3n) is 3.86. The third kappa shape index (κ3) is 13.9. The molecule has 0 aromatic carbocycles. The minimum Gasteiger partial charge on any atom is -0.0856 e. The molecule has 0 spiro atoms. The van der Waals surface area contributed by atoms with Crippen LogP contribution < -0.4 is 0 Å². The highest BCUT2D eigenvalue weighted by molar-refractivity contribution is 5.07. The van der Waals surface area contributed by atoms with E-state index in [1.54, 1.807) is 0 Å². The van der Waals surface area contributed by atoms with E-state index >= 15 is 0 Å². The molecule has 0 nitrogen and oxygen atoms in total. The molecule has 0 atom stereocenters. The number of allylic oxidation sites excluding steroid dienone is 8. The molecule has 0 fully saturated rings. The summed E-state index contributed by atoms with van der Waals surface area (Å²) in [5.41, 5.74) is 5.99. The molecular formula is C22H37. The van der Waals surface area contributed by atoms with Crippen molar-refractivity contribution in [2.75, 3.05) is 0 Å². The van der Waals surface area contributed by atoms with Gasteiger partial charge in [-0.25, -0.2) is 0 Å². The monoisotopic (exact) mass is 301 g/mol. The fourth-order valence-corrected chi connectivity index (χ4v) is 2.31. The van der Waals surface area contributed by atoms with Gasteiger partial charge in [-0.3, -0.25) is 0 Å². The number of unbranched alkanes of at least 4 members (excludes halogenated alkanes) is 1. The quantitative estimate of drug-likeness (QED) is 0.342. The van der Waals surface area contributed by atoms with Gasteiger partial charge in [-0.1, -0.05) is 53.5 Å². The number of hydrogen-bond acceptors (Lipinski definition) is 0. The summed E-state index contributed by atoms with van der Waals surface area (Å²) >= 11 is 0. The van der Waals surface area contributed by atoms with Crippen LogP contribution in [0, 0.1) is 6.42 Å². The van der Waals surface area contributed by atoms with Crippen molar-refractivity contribution in [3.63, 3.8) is 0 Å². The Bertz CT molecular complexity index is 398. The Balaban J connectivity index is 3.94. The van der Waals surface area contributed by atoms with E-state index in [9.17, 15) is 0 Å². The van der Waals surface area contributed by atoms with E-state index in [2.05, 4.69) is 72.3 Å². The van der Waals surface area contributed by atoms with Crippen molar-refractivity contribution in [2.24, 2.45) is 0 Å². The smallest absolute Gasteiger partial charge is 0.0288 e. The molecule has 0 aromatic heterocycles. The first kappa shape index (κ1) is 21.0. The van der Waals surface area contributed by atoms with Crippen LogP contribution in [0.3, 0.4) is 0 Å². The zero-order valence-corrected chi connectivity index (χ0v) is 15.8. The number of rotatable bonds is 11. The van der Waals surface area contributed by atoms with Crippen LogP contribution >= 0.6 is 0 Å². The van der Waals surface area contributed by atoms with Crippen molar-refractivity contribution in [2.45, 2.75) is 86.5 Å². The Hall–Kier alpha value is -1.04. The lowest BCUT2D eigenvalue weighted by molar-refractivity contribution is 0.898. The lowest BCUT2D eigenvalue weighted by Gasteiger charge is -2.02. The molecule has 1 radical (unpaired) electrons. The lowest BCUT2D eigenvalue weighted by atomic mass is 10.0.